The maximum Gasteiger partial charge on any atom is 0.0594 e. The normalized spacial score (nSPS) is 26.1. The Hall–Kier alpha value is -0.860. The highest BCUT2D eigenvalue weighted by atomic mass is 16.5. The minimum Gasteiger partial charge on any atom is -0.378 e. The molecule has 2 heteroatoms. The highest BCUT2D eigenvalue weighted by Crippen LogP contribution is 2.33. The smallest absolute Gasteiger partial charge is 0.0594 e. The van der Waals surface area contributed by atoms with Crippen LogP contribution in [0.15, 0.2) is 24.3 Å². The second-order valence-corrected chi connectivity index (χ2v) is 4.98. The Bertz CT molecular complexity index is 364. The molecule has 17 heavy (non-hydrogen) atoms. The van der Waals surface area contributed by atoms with Crippen LogP contribution >= 0.6 is 0 Å². The van der Waals surface area contributed by atoms with E-state index in [0.717, 1.165) is 19.6 Å². The van der Waals surface area contributed by atoms with E-state index in [1.165, 1.54) is 11.1 Å². The number of nitrogens with one attached hydrogen (secondary N) is 1. The third kappa shape index (κ3) is 2.88. The Balaban J connectivity index is 2.22. The van der Waals surface area contributed by atoms with Crippen LogP contribution in [0.3, 0.4) is 0 Å². The van der Waals surface area contributed by atoms with Crippen molar-refractivity contribution >= 4 is 0 Å². The number of hydrogen-bond donors (Lipinski definition) is 1. The second kappa shape index (κ2) is 5.65. The molecule has 2 nitrogen and oxygen atoms in total. The van der Waals surface area contributed by atoms with Gasteiger partial charge in [-0.05, 0) is 32.4 Å². The van der Waals surface area contributed by atoms with Gasteiger partial charge in [0.25, 0.3) is 0 Å². The van der Waals surface area contributed by atoms with E-state index in [0.29, 0.717) is 18.1 Å². The molecule has 1 aromatic rings. The first-order valence-electron chi connectivity index (χ1n) is 6.64. The molecule has 1 fully saturated rings. The molecule has 3 unspecified atom stereocenters. The summed E-state index contributed by atoms with van der Waals surface area (Å²) in [5.74, 6) is 0.594. The third-order valence-electron chi connectivity index (χ3n) is 3.69. The molecule has 1 heterocycles. The first-order chi connectivity index (χ1) is 8.22. The van der Waals surface area contributed by atoms with Crippen LogP contribution in [0, 0.1) is 12.8 Å². The summed E-state index contributed by atoms with van der Waals surface area (Å²) in [6.45, 7) is 8.42. The van der Waals surface area contributed by atoms with E-state index in [9.17, 15) is 0 Å². The SMILES string of the molecule is CCNC(c1cccc(C)c1)C1CCOC1C. The summed E-state index contributed by atoms with van der Waals surface area (Å²) >= 11 is 0. The molecule has 1 aliphatic heterocycles. The van der Waals surface area contributed by atoms with Crippen molar-refractivity contribution in [1.29, 1.82) is 0 Å². The van der Waals surface area contributed by atoms with Gasteiger partial charge in [0.1, 0.15) is 0 Å². The summed E-state index contributed by atoms with van der Waals surface area (Å²) in [7, 11) is 0. The van der Waals surface area contributed by atoms with Gasteiger partial charge in [-0.25, -0.2) is 0 Å². The molecule has 1 aromatic carbocycles. The minimum absolute atomic E-state index is 0.361. The van der Waals surface area contributed by atoms with Gasteiger partial charge >= 0.3 is 0 Å². The van der Waals surface area contributed by atoms with Crippen LogP contribution in [-0.4, -0.2) is 19.3 Å². The number of aryl methyl sites for hydroxylation is 1. The van der Waals surface area contributed by atoms with Gasteiger partial charge in [0.05, 0.1) is 6.10 Å². The van der Waals surface area contributed by atoms with Gasteiger partial charge in [-0.3, -0.25) is 0 Å². The van der Waals surface area contributed by atoms with Gasteiger partial charge < -0.3 is 10.1 Å². The molecule has 1 saturated heterocycles. The summed E-state index contributed by atoms with van der Waals surface area (Å²) < 4.78 is 5.70. The van der Waals surface area contributed by atoms with E-state index in [4.69, 9.17) is 4.74 Å². The largest absolute Gasteiger partial charge is 0.378 e. The molecule has 0 saturated carbocycles. The van der Waals surface area contributed by atoms with E-state index in [1.54, 1.807) is 0 Å². The van der Waals surface area contributed by atoms with Crippen molar-refractivity contribution in [2.75, 3.05) is 13.2 Å². The lowest BCUT2D eigenvalue weighted by Crippen LogP contribution is -2.31. The number of hydrogen-bond acceptors (Lipinski definition) is 2. The first-order valence-corrected chi connectivity index (χ1v) is 6.64. The zero-order valence-electron chi connectivity index (χ0n) is 11.1. The quantitative estimate of drug-likeness (QED) is 0.863. The minimum atomic E-state index is 0.361. The maximum atomic E-state index is 5.70. The fourth-order valence-corrected chi connectivity index (χ4v) is 2.79. The number of rotatable bonds is 4. The molecule has 0 amide bonds. The lowest BCUT2D eigenvalue weighted by Gasteiger charge is -2.27. The zero-order valence-corrected chi connectivity index (χ0v) is 11.1. The monoisotopic (exact) mass is 233 g/mol. The Morgan fingerprint density at radius 3 is 2.88 bits per heavy atom. The topological polar surface area (TPSA) is 21.3 Å². The number of ether oxygens (including phenoxy) is 1. The van der Waals surface area contributed by atoms with Crippen LogP contribution in [0.1, 0.15) is 37.4 Å². The van der Waals surface area contributed by atoms with E-state index in [2.05, 4.69) is 50.4 Å². The van der Waals surface area contributed by atoms with Gasteiger partial charge in [-0.1, -0.05) is 36.8 Å². The van der Waals surface area contributed by atoms with Crippen molar-refractivity contribution in [3.05, 3.63) is 35.4 Å². The van der Waals surface area contributed by atoms with Crippen molar-refractivity contribution in [2.45, 2.75) is 39.3 Å². The lowest BCUT2D eigenvalue weighted by molar-refractivity contribution is 0.0956. The summed E-state index contributed by atoms with van der Waals surface area (Å²) in [5.41, 5.74) is 2.73. The van der Waals surface area contributed by atoms with Gasteiger partial charge in [0.15, 0.2) is 0 Å². The Labute approximate surface area is 104 Å². The van der Waals surface area contributed by atoms with Crippen LogP contribution in [0.5, 0.6) is 0 Å². The average Bonchev–Trinajstić information content (AvgIpc) is 2.72. The number of benzene rings is 1. The van der Waals surface area contributed by atoms with Crippen LogP contribution in [-0.2, 0) is 4.74 Å². The van der Waals surface area contributed by atoms with Crippen molar-refractivity contribution in [3.8, 4) is 0 Å². The van der Waals surface area contributed by atoms with Crippen molar-refractivity contribution in [2.24, 2.45) is 5.92 Å². The van der Waals surface area contributed by atoms with Crippen LogP contribution in [0.4, 0.5) is 0 Å². The second-order valence-electron chi connectivity index (χ2n) is 4.98. The predicted octanol–water partition coefficient (Wildman–Crippen LogP) is 3.07. The van der Waals surface area contributed by atoms with Crippen LogP contribution < -0.4 is 5.32 Å². The van der Waals surface area contributed by atoms with Crippen molar-refractivity contribution in [3.63, 3.8) is 0 Å². The van der Waals surface area contributed by atoms with Crippen LogP contribution in [0.25, 0.3) is 0 Å². The standard InChI is InChI=1S/C15H23NO/c1-4-16-15(14-8-9-17-12(14)3)13-7-5-6-11(2)10-13/h5-7,10,12,14-16H,4,8-9H2,1-3H3. The fraction of sp³-hybridized carbons (Fsp3) is 0.600. The molecular formula is C15H23NO. The highest BCUT2D eigenvalue weighted by Gasteiger charge is 2.32. The molecule has 0 spiro atoms. The maximum absolute atomic E-state index is 5.70. The first kappa shape index (κ1) is 12.6. The van der Waals surface area contributed by atoms with E-state index >= 15 is 0 Å². The zero-order chi connectivity index (χ0) is 12.3. The van der Waals surface area contributed by atoms with Crippen LogP contribution in [0.2, 0.25) is 0 Å². The molecule has 0 aliphatic carbocycles. The summed E-state index contributed by atoms with van der Waals surface area (Å²) in [6.07, 6.45) is 1.52. The van der Waals surface area contributed by atoms with Gasteiger partial charge in [-0.2, -0.15) is 0 Å². The van der Waals surface area contributed by atoms with Gasteiger partial charge in [0.2, 0.25) is 0 Å². The molecule has 94 valence electrons. The van der Waals surface area contributed by atoms with E-state index < -0.39 is 0 Å². The molecule has 0 radical (unpaired) electrons. The van der Waals surface area contributed by atoms with Gasteiger partial charge in [0, 0.05) is 18.6 Å². The summed E-state index contributed by atoms with van der Waals surface area (Å²) in [5, 5.41) is 3.62. The fourth-order valence-electron chi connectivity index (χ4n) is 2.79. The molecule has 2 rings (SSSR count). The summed E-state index contributed by atoms with van der Waals surface area (Å²) in [6, 6.07) is 9.25. The predicted molar refractivity (Wildman–Crippen MR) is 71.1 cm³/mol. The molecule has 0 aromatic heterocycles. The average molecular weight is 233 g/mol. The Kier molecular flexibility index (Phi) is 4.19. The van der Waals surface area contributed by atoms with E-state index in [1.807, 2.05) is 0 Å². The van der Waals surface area contributed by atoms with E-state index in [-0.39, 0.29) is 0 Å². The molecular weight excluding hydrogens is 210 g/mol. The van der Waals surface area contributed by atoms with Gasteiger partial charge in [-0.15, -0.1) is 0 Å². The molecule has 1 aliphatic rings. The van der Waals surface area contributed by atoms with Crippen molar-refractivity contribution < 1.29 is 4.74 Å². The Morgan fingerprint density at radius 2 is 2.29 bits per heavy atom. The third-order valence-corrected chi connectivity index (χ3v) is 3.69. The highest BCUT2D eigenvalue weighted by molar-refractivity contribution is 5.26. The van der Waals surface area contributed by atoms with Crippen molar-refractivity contribution in [1.82, 2.24) is 5.32 Å². The lowest BCUT2D eigenvalue weighted by atomic mass is 9.87. The molecule has 0 bridgehead atoms. The summed E-state index contributed by atoms with van der Waals surface area (Å²) in [4.78, 5) is 0. The molecule has 3 atom stereocenters. The molecule has 1 N–H and O–H groups in total. The Morgan fingerprint density at radius 1 is 1.47 bits per heavy atom.